The molecule has 1 aromatic rings. The Hall–Kier alpha value is -1.19. The summed E-state index contributed by atoms with van der Waals surface area (Å²) in [6.07, 6.45) is 9.79. The molecule has 1 aromatic heterocycles. The quantitative estimate of drug-likeness (QED) is 0.725. The topological polar surface area (TPSA) is 45.2 Å². The van der Waals surface area contributed by atoms with Gasteiger partial charge in [-0.05, 0) is 30.9 Å². The Kier molecular flexibility index (Phi) is 4.29. The highest BCUT2D eigenvalue weighted by Crippen LogP contribution is 2.35. The Morgan fingerprint density at radius 3 is 2.76 bits per heavy atom. The van der Waals surface area contributed by atoms with E-state index in [0.717, 1.165) is 12.5 Å². The van der Waals surface area contributed by atoms with Gasteiger partial charge in [0.15, 0.2) is 0 Å². The summed E-state index contributed by atoms with van der Waals surface area (Å²) in [5.41, 5.74) is 1.37. The summed E-state index contributed by atoms with van der Waals surface area (Å²) in [6.45, 7) is 3.08. The van der Waals surface area contributed by atoms with Gasteiger partial charge in [0.2, 0.25) is 0 Å². The van der Waals surface area contributed by atoms with Gasteiger partial charge in [0.1, 0.15) is 0 Å². The van der Waals surface area contributed by atoms with Crippen LogP contribution in [0.4, 0.5) is 0 Å². The third kappa shape index (κ3) is 2.93. The second-order valence-electron chi connectivity index (χ2n) is 4.52. The first kappa shape index (κ1) is 12.3. The molecule has 92 valence electrons. The van der Waals surface area contributed by atoms with Crippen molar-refractivity contribution in [1.29, 1.82) is 0 Å². The minimum Gasteiger partial charge on any atom is -0.397 e. The average molecular weight is 232 g/mol. The molecule has 3 unspecified atom stereocenters. The van der Waals surface area contributed by atoms with Crippen LogP contribution in [0.1, 0.15) is 24.8 Å². The fourth-order valence-corrected chi connectivity index (χ4v) is 2.55. The van der Waals surface area contributed by atoms with Gasteiger partial charge in [-0.3, -0.25) is 4.98 Å². The number of aliphatic hydroxyl groups is 1. The summed E-state index contributed by atoms with van der Waals surface area (Å²) in [5, 5.41) is 11.1. The maximum atomic E-state index is 7.57. The second-order valence-corrected chi connectivity index (χ2v) is 4.52. The first-order chi connectivity index (χ1) is 8.35. The number of hydrogen-bond donors (Lipinski definition) is 2. The van der Waals surface area contributed by atoms with Gasteiger partial charge in [0.25, 0.3) is 0 Å². The lowest BCUT2D eigenvalue weighted by Gasteiger charge is -2.39. The van der Waals surface area contributed by atoms with Crippen molar-refractivity contribution in [3.63, 3.8) is 0 Å². The number of aliphatic hydroxyl groups excluding tert-OH is 1. The van der Waals surface area contributed by atoms with Crippen molar-refractivity contribution in [2.24, 2.45) is 5.92 Å². The Bertz CT molecular complexity index is 364. The minimum absolute atomic E-state index is 0.250. The number of nitrogens with zero attached hydrogens (tertiary/aromatic N) is 1. The van der Waals surface area contributed by atoms with E-state index < -0.39 is 0 Å². The molecule has 2 aliphatic heterocycles. The number of piperidine rings is 1. The zero-order chi connectivity index (χ0) is 12.1. The molecule has 0 amide bonds. The summed E-state index contributed by atoms with van der Waals surface area (Å²) in [7, 11) is 0. The molecule has 2 N–H and O–H groups in total. The van der Waals surface area contributed by atoms with E-state index in [1.807, 2.05) is 18.5 Å². The number of aromatic nitrogens is 1. The van der Waals surface area contributed by atoms with Crippen molar-refractivity contribution >= 4 is 0 Å². The molecule has 0 radical (unpaired) electrons. The Morgan fingerprint density at radius 2 is 2.29 bits per heavy atom. The molecule has 3 nitrogen and oxygen atoms in total. The summed E-state index contributed by atoms with van der Waals surface area (Å²) < 4.78 is 0. The van der Waals surface area contributed by atoms with E-state index in [9.17, 15) is 0 Å². The maximum Gasteiger partial charge on any atom is 0.0402 e. The minimum atomic E-state index is 0.250. The fourth-order valence-electron chi connectivity index (χ4n) is 2.55. The Labute approximate surface area is 103 Å². The summed E-state index contributed by atoms with van der Waals surface area (Å²) in [4.78, 5) is 4.19. The average Bonchev–Trinajstić information content (AvgIpc) is 2.42. The van der Waals surface area contributed by atoms with E-state index >= 15 is 0 Å². The van der Waals surface area contributed by atoms with Crippen molar-refractivity contribution in [3.05, 3.63) is 42.2 Å². The highest BCUT2D eigenvalue weighted by Gasteiger charge is 2.32. The molecule has 4 rings (SSSR count). The lowest BCUT2D eigenvalue weighted by molar-refractivity contribution is 0.318. The van der Waals surface area contributed by atoms with E-state index in [2.05, 4.69) is 28.5 Å². The van der Waals surface area contributed by atoms with Crippen molar-refractivity contribution in [2.75, 3.05) is 13.2 Å². The summed E-state index contributed by atoms with van der Waals surface area (Å²) in [5.74, 6) is 1.36. The molecule has 1 saturated heterocycles. The monoisotopic (exact) mass is 232 g/mol. The van der Waals surface area contributed by atoms with Crippen LogP contribution in [0.3, 0.4) is 0 Å². The standard InChI is InChI=1S/C12H14N2.C2H6O/c1-2-10(8-13-5-1)11-6-9-3-4-12(11)14-7-9;1-2-3/h1-5,8-9,11-12,14H,6-7H2;3H,2H2,1H3. The molecule has 0 aromatic carbocycles. The van der Waals surface area contributed by atoms with Crippen LogP contribution in [-0.4, -0.2) is 29.3 Å². The zero-order valence-corrected chi connectivity index (χ0v) is 10.2. The van der Waals surface area contributed by atoms with Crippen LogP contribution in [0.15, 0.2) is 36.7 Å². The maximum absolute atomic E-state index is 7.57. The molecule has 1 fully saturated rings. The van der Waals surface area contributed by atoms with Gasteiger partial charge < -0.3 is 10.4 Å². The molecule has 0 spiro atoms. The lowest BCUT2D eigenvalue weighted by Crippen LogP contribution is -2.45. The molecule has 0 saturated carbocycles. The second kappa shape index (κ2) is 5.94. The number of fused-ring (bicyclic) bond motifs is 2. The van der Waals surface area contributed by atoms with Crippen LogP contribution in [0, 0.1) is 5.92 Å². The molecule has 2 bridgehead atoms. The number of rotatable bonds is 1. The first-order valence-electron chi connectivity index (χ1n) is 6.27. The molecular weight excluding hydrogens is 212 g/mol. The van der Waals surface area contributed by atoms with Crippen LogP contribution in [0.2, 0.25) is 0 Å². The van der Waals surface area contributed by atoms with E-state index in [4.69, 9.17) is 5.11 Å². The van der Waals surface area contributed by atoms with Crippen LogP contribution in [0.5, 0.6) is 0 Å². The van der Waals surface area contributed by atoms with E-state index in [-0.39, 0.29) is 6.61 Å². The number of pyridine rings is 1. The van der Waals surface area contributed by atoms with Gasteiger partial charge in [-0.25, -0.2) is 0 Å². The predicted molar refractivity (Wildman–Crippen MR) is 68.8 cm³/mol. The third-order valence-corrected chi connectivity index (χ3v) is 3.31. The van der Waals surface area contributed by atoms with Crippen molar-refractivity contribution in [1.82, 2.24) is 10.3 Å². The van der Waals surface area contributed by atoms with Crippen LogP contribution >= 0.6 is 0 Å². The summed E-state index contributed by atoms with van der Waals surface area (Å²) in [6, 6.07) is 4.75. The largest absolute Gasteiger partial charge is 0.397 e. The normalized spacial score (nSPS) is 29.6. The van der Waals surface area contributed by atoms with Crippen molar-refractivity contribution in [2.45, 2.75) is 25.3 Å². The van der Waals surface area contributed by atoms with Crippen LogP contribution < -0.4 is 5.32 Å². The SMILES string of the molecule is C1=CC2NCC1CC2c1cccnc1.CCO. The van der Waals surface area contributed by atoms with Gasteiger partial charge >= 0.3 is 0 Å². The molecule has 3 atom stereocenters. The van der Waals surface area contributed by atoms with E-state index in [1.54, 1.807) is 6.92 Å². The van der Waals surface area contributed by atoms with Gasteiger partial charge in [-0.2, -0.15) is 0 Å². The molecule has 1 aliphatic carbocycles. The lowest BCUT2D eigenvalue weighted by atomic mass is 9.76. The van der Waals surface area contributed by atoms with Gasteiger partial charge in [0.05, 0.1) is 0 Å². The summed E-state index contributed by atoms with van der Waals surface area (Å²) >= 11 is 0. The predicted octanol–water partition coefficient (Wildman–Crippen LogP) is 1.71. The molecule has 17 heavy (non-hydrogen) atoms. The van der Waals surface area contributed by atoms with Gasteiger partial charge in [0, 0.05) is 37.5 Å². The highest BCUT2D eigenvalue weighted by atomic mass is 16.2. The zero-order valence-electron chi connectivity index (χ0n) is 10.2. The smallest absolute Gasteiger partial charge is 0.0402 e. The van der Waals surface area contributed by atoms with Gasteiger partial charge in [-0.1, -0.05) is 18.2 Å². The van der Waals surface area contributed by atoms with Gasteiger partial charge in [-0.15, -0.1) is 0 Å². The van der Waals surface area contributed by atoms with Crippen LogP contribution in [0.25, 0.3) is 0 Å². The van der Waals surface area contributed by atoms with Crippen molar-refractivity contribution < 1.29 is 5.11 Å². The van der Waals surface area contributed by atoms with E-state index in [0.29, 0.717) is 12.0 Å². The van der Waals surface area contributed by atoms with E-state index in [1.165, 1.54) is 12.0 Å². The Morgan fingerprint density at radius 1 is 1.47 bits per heavy atom. The third-order valence-electron chi connectivity index (χ3n) is 3.31. The number of hydrogen-bond acceptors (Lipinski definition) is 3. The molecule has 3 aliphatic rings. The highest BCUT2D eigenvalue weighted by molar-refractivity contribution is 5.25. The molecular formula is C14H20N2O. The van der Waals surface area contributed by atoms with Crippen molar-refractivity contribution in [3.8, 4) is 0 Å². The molecule has 3 heterocycles. The molecule has 3 heteroatoms. The fraction of sp³-hybridized carbons (Fsp3) is 0.500. The number of nitrogens with one attached hydrogen (secondary N) is 1. The van der Waals surface area contributed by atoms with Crippen LogP contribution in [-0.2, 0) is 0 Å². The first-order valence-corrected chi connectivity index (χ1v) is 6.27. The Balaban J connectivity index is 0.000000329.